The predicted octanol–water partition coefficient (Wildman–Crippen LogP) is 4.35. The molecule has 0 unspecified atom stereocenters. The minimum atomic E-state index is -4.31. The number of hydrogen-bond acceptors (Lipinski definition) is 1. The van der Waals surface area contributed by atoms with Crippen molar-refractivity contribution in [1.29, 1.82) is 0 Å². The molecule has 0 fully saturated rings. The Balaban J connectivity index is 2.14. The number of alkyl halides is 3. The van der Waals surface area contributed by atoms with Crippen molar-refractivity contribution in [3.05, 3.63) is 59.9 Å². The number of rotatable bonds is 1. The Morgan fingerprint density at radius 1 is 0.950 bits per heavy atom. The fourth-order valence-corrected chi connectivity index (χ4v) is 2.27. The van der Waals surface area contributed by atoms with Gasteiger partial charge in [0, 0.05) is 5.69 Å². The first-order valence-corrected chi connectivity index (χ1v) is 6.08. The lowest BCUT2D eigenvalue weighted by Crippen LogP contribution is -2.05. The van der Waals surface area contributed by atoms with Crippen LogP contribution in [0.5, 0.6) is 0 Å². The van der Waals surface area contributed by atoms with Crippen LogP contribution in [0.4, 0.5) is 13.2 Å². The van der Waals surface area contributed by atoms with Crippen molar-refractivity contribution in [3.8, 4) is 5.69 Å². The number of benzene rings is 2. The summed E-state index contributed by atoms with van der Waals surface area (Å²) < 4.78 is 39.6. The van der Waals surface area contributed by atoms with E-state index in [-0.39, 0.29) is 0 Å². The van der Waals surface area contributed by atoms with E-state index in [1.54, 1.807) is 0 Å². The zero-order chi connectivity index (χ0) is 14.3. The Morgan fingerprint density at radius 3 is 2.25 bits per heavy atom. The number of halogens is 3. The summed E-state index contributed by atoms with van der Waals surface area (Å²) >= 11 is 0. The zero-order valence-electron chi connectivity index (χ0n) is 10.6. The smallest absolute Gasteiger partial charge is 0.297 e. The molecule has 0 saturated heterocycles. The second kappa shape index (κ2) is 4.37. The number of nitrogens with zero attached hydrogens (tertiary/aromatic N) is 2. The predicted molar refractivity (Wildman–Crippen MR) is 70.8 cm³/mol. The molecule has 0 aliphatic heterocycles. The molecule has 0 bridgehead atoms. The van der Waals surface area contributed by atoms with Gasteiger partial charge in [-0.05, 0) is 43.3 Å². The van der Waals surface area contributed by atoms with Crippen molar-refractivity contribution < 1.29 is 13.2 Å². The third-order valence-corrected chi connectivity index (χ3v) is 3.18. The van der Waals surface area contributed by atoms with Crippen molar-refractivity contribution in [2.75, 3.05) is 0 Å². The van der Waals surface area contributed by atoms with Crippen molar-refractivity contribution in [2.24, 2.45) is 0 Å². The van der Waals surface area contributed by atoms with E-state index in [4.69, 9.17) is 0 Å². The van der Waals surface area contributed by atoms with Gasteiger partial charge < -0.3 is 0 Å². The highest BCUT2D eigenvalue weighted by Crippen LogP contribution is 2.30. The fourth-order valence-electron chi connectivity index (χ4n) is 2.27. The molecule has 0 atom stereocenters. The van der Waals surface area contributed by atoms with Gasteiger partial charge in [-0.1, -0.05) is 12.1 Å². The second-order valence-corrected chi connectivity index (χ2v) is 4.53. The summed E-state index contributed by atoms with van der Waals surface area (Å²) in [5.74, 6) is 0.742. The standard InChI is InChI=1S/C15H11F3N2/c1-10-19-13-4-2-3-5-14(13)20(10)12-8-6-11(7-9-12)15(16,17)18/h2-9H,1H3. The molecule has 1 aromatic heterocycles. The highest BCUT2D eigenvalue weighted by atomic mass is 19.4. The Bertz CT molecular complexity index is 755. The van der Waals surface area contributed by atoms with Crippen LogP contribution in [0.15, 0.2) is 48.5 Å². The largest absolute Gasteiger partial charge is 0.416 e. The Kier molecular flexibility index (Phi) is 2.78. The highest BCUT2D eigenvalue weighted by molar-refractivity contribution is 5.78. The first kappa shape index (κ1) is 12.7. The summed E-state index contributed by atoms with van der Waals surface area (Å²) in [5.41, 5.74) is 1.72. The summed E-state index contributed by atoms with van der Waals surface area (Å²) in [7, 11) is 0. The quantitative estimate of drug-likeness (QED) is 0.646. The monoisotopic (exact) mass is 276 g/mol. The molecular formula is C15H11F3N2. The van der Waals surface area contributed by atoms with Crippen molar-refractivity contribution in [3.63, 3.8) is 0 Å². The first-order chi connectivity index (χ1) is 9.47. The molecule has 2 aromatic carbocycles. The van der Waals surface area contributed by atoms with Gasteiger partial charge in [0.1, 0.15) is 5.82 Å². The molecule has 2 nitrogen and oxygen atoms in total. The van der Waals surface area contributed by atoms with E-state index in [1.165, 1.54) is 12.1 Å². The molecule has 102 valence electrons. The number of para-hydroxylation sites is 2. The van der Waals surface area contributed by atoms with Gasteiger partial charge in [-0.3, -0.25) is 4.57 Å². The summed E-state index contributed by atoms with van der Waals surface area (Å²) in [6, 6.07) is 12.6. The molecule has 0 N–H and O–H groups in total. The van der Waals surface area contributed by atoms with Crippen LogP contribution in [-0.4, -0.2) is 9.55 Å². The fraction of sp³-hybridized carbons (Fsp3) is 0.133. The maximum Gasteiger partial charge on any atom is 0.416 e. The van der Waals surface area contributed by atoms with Crippen molar-refractivity contribution in [1.82, 2.24) is 9.55 Å². The average Bonchev–Trinajstić information content (AvgIpc) is 2.73. The van der Waals surface area contributed by atoms with Crippen LogP contribution in [0, 0.1) is 6.92 Å². The van der Waals surface area contributed by atoms with Crippen LogP contribution < -0.4 is 0 Å². The van der Waals surface area contributed by atoms with E-state index in [9.17, 15) is 13.2 Å². The lowest BCUT2D eigenvalue weighted by Gasteiger charge is -2.10. The molecule has 0 saturated carbocycles. The normalized spacial score (nSPS) is 12.0. The molecule has 0 aliphatic carbocycles. The highest BCUT2D eigenvalue weighted by Gasteiger charge is 2.30. The van der Waals surface area contributed by atoms with Gasteiger partial charge in [-0.2, -0.15) is 13.2 Å². The minimum absolute atomic E-state index is 0.650. The van der Waals surface area contributed by atoms with Crippen LogP contribution in [0.2, 0.25) is 0 Å². The lowest BCUT2D eigenvalue weighted by molar-refractivity contribution is -0.137. The van der Waals surface area contributed by atoms with Crippen molar-refractivity contribution >= 4 is 11.0 Å². The van der Waals surface area contributed by atoms with Gasteiger partial charge in [-0.25, -0.2) is 4.98 Å². The van der Waals surface area contributed by atoms with Crippen LogP contribution in [0.25, 0.3) is 16.7 Å². The molecule has 5 heteroatoms. The van der Waals surface area contributed by atoms with Crippen LogP contribution in [0.1, 0.15) is 11.4 Å². The zero-order valence-corrected chi connectivity index (χ0v) is 10.6. The average molecular weight is 276 g/mol. The van der Waals surface area contributed by atoms with Crippen LogP contribution in [-0.2, 0) is 6.18 Å². The molecule has 3 rings (SSSR count). The van der Waals surface area contributed by atoms with Gasteiger partial charge in [0.05, 0.1) is 16.6 Å². The number of aryl methyl sites for hydroxylation is 1. The van der Waals surface area contributed by atoms with E-state index < -0.39 is 11.7 Å². The molecule has 0 amide bonds. The lowest BCUT2D eigenvalue weighted by atomic mass is 10.2. The number of fused-ring (bicyclic) bond motifs is 1. The third kappa shape index (κ3) is 2.05. The van der Waals surface area contributed by atoms with Gasteiger partial charge in [0.15, 0.2) is 0 Å². The van der Waals surface area contributed by atoms with E-state index in [1.807, 2.05) is 35.8 Å². The van der Waals surface area contributed by atoms with Crippen LogP contribution >= 0.6 is 0 Å². The summed E-state index contributed by atoms with van der Waals surface area (Å²) in [6.07, 6.45) is -4.31. The Hall–Kier alpha value is -2.30. The van der Waals surface area contributed by atoms with E-state index >= 15 is 0 Å². The Labute approximate surface area is 113 Å². The maximum atomic E-state index is 12.6. The molecule has 1 heterocycles. The van der Waals surface area contributed by atoms with Gasteiger partial charge in [-0.15, -0.1) is 0 Å². The van der Waals surface area contributed by atoms with E-state index in [0.29, 0.717) is 5.69 Å². The number of aromatic nitrogens is 2. The molecular weight excluding hydrogens is 265 g/mol. The third-order valence-electron chi connectivity index (χ3n) is 3.18. The van der Waals surface area contributed by atoms with Crippen molar-refractivity contribution in [2.45, 2.75) is 13.1 Å². The van der Waals surface area contributed by atoms with Gasteiger partial charge in [0.2, 0.25) is 0 Å². The number of imidazole rings is 1. The van der Waals surface area contributed by atoms with E-state index in [0.717, 1.165) is 29.0 Å². The molecule has 0 radical (unpaired) electrons. The Morgan fingerprint density at radius 2 is 1.60 bits per heavy atom. The first-order valence-electron chi connectivity index (χ1n) is 6.08. The molecule has 20 heavy (non-hydrogen) atoms. The molecule has 0 spiro atoms. The summed E-state index contributed by atoms with van der Waals surface area (Å²) in [5, 5.41) is 0. The topological polar surface area (TPSA) is 17.8 Å². The maximum absolute atomic E-state index is 12.6. The second-order valence-electron chi connectivity index (χ2n) is 4.53. The summed E-state index contributed by atoms with van der Waals surface area (Å²) in [4.78, 5) is 4.40. The van der Waals surface area contributed by atoms with Gasteiger partial charge in [0.25, 0.3) is 0 Å². The van der Waals surface area contributed by atoms with Crippen LogP contribution in [0.3, 0.4) is 0 Å². The molecule has 3 aromatic rings. The number of hydrogen-bond donors (Lipinski definition) is 0. The molecule has 0 aliphatic rings. The SMILES string of the molecule is Cc1nc2ccccc2n1-c1ccc(C(F)(F)F)cc1. The van der Waals surface area contributed by atoms with E-state index in [2.05, 4.69) is 4.98 Å². The minimum Gasteiger partial charge on any atom is -0.297 e. The summed E-state index contributed by atoms with van der Waals surface area (Å²) in [6.45, 7) is 1.83. The van der Waals surface area contributed by atoms with Gasteiger partial charge >= 0.3 is 6.18 Å².